The molecule has 0 aliphatic carbocycles. The normalized spacial score (nSPS) is 26.3. The lowest BCUT2D eigenvalue weighted by atomic mass is 10.2. The largest absolute Gasteiger partial charge is 0.392 e. The molecule has 96 valence electrons. The van der Waals surface area contributed by atoms with E-state index in [-0.39, 0.29) is 18.2 Å². The van der Waals surface area contributed by atoms with Gasteiger partial charge in [0.25, 0.3) is 0 Å². The van der Waals surface area contributed by atoms with E-state index < -0.39 is 0 Å². The van der Waals surface area contributed by atoms with Crippen LogP contribution in [0.4, 0.5) is 0 Å². The Morgan fingerprint density at radius 1 is 1.59 bits per heavy atom. The van der Waals surface area contributed by atoms with E-state index in [4.69, 9.17) is 9.26 Å². The summed E-state index contributed by atoms with van der Waals surface area (Å²) in [6.07, 6.45) is 0.994. The Morgan fingerprint density at radius 2 is 2.41 bits per heavy atom. The van der Waals surface area contributed by atoms with Crippen LogP contribution >= 0.6 is 0 Å². The molecule has 0 saturated carbocycles. The number of aliphatic hydroxyl groups excluding tert-OH is 1. The summed E-state index contributed by atoms with van der Waals surface area (Å²) in [5.41, 5.74) is 0. The summed E-state index contributed by atoms with van der Waals surface area (Å²) in [5, 5.41) is 16.5. The molecule has 1 aliphatic rings. The smallest absolute Gasteiger partial charge is 0.243 e. The summed E-state index contributed by atoms with van der Waals surface area (Å²) in [6, 6.07) is -0.0367. The summed E-state index contributed by atoms with van der Waals surface area (Å²) in [6.45, 7) is 5.17. The Kier molecular flexibility index (Phi) is 4.09. The van der Waals surface area contributed by atoms with E-state index in [9.17, 15) is 5.11 Å². The number of ether oxygens (including phenoxy) is 1. The number of β-amino-alcohol motifs (C(OH)–C–C–N with tert-alkyl or cyclic N) is 1. The molecule has 1 fully saturated rings. The first-order chi connectivity index (χ1) is 8.24. The molecule has 0 aromatic carbocycles. The molecule has 1 aromatic heterocycles. The number of rotatable bonds is 5. The van der Waals surface area contributed by atoms with Gasteiger partial charge >= 0.3 is 0 Å². The number of hydrogen-bond donors (Lipinski definition) is 2. The minimum absolute atomic E-state index is 0.0367. The fourth-order valence-corrected chi connectivity index (χ4v) is 2.00. The van der Waals surface area contributed by atoms with Crippen LogP contribution in [0.1, 0.15) is 50.6 Å². The Labute approximate surface area is 100 Å². The summed E-state index contributed by atoms with van der Waals surface area (Å²) >= 11 is 0. The SMILES string of the molecule is CCOC(CC)c1noc(C2CC(O)CN2)n1. The third-order valence-corrected chi connectivity index (χ3v) is 2.89. The number of aromatic nitrogens is 2. The van der Waals surface area contributed by atoms with Crippen molar-refractivity contribution in [2.45, 2.75) is 44.9 Å². The molecule has 17 heavy (non-hydrogen) atoms. The van der Waals surface area contributed by atoms with Gasteiger partial charge in [-0.3, -0.25) is 0 Å². The summed E-state index contributed by atoms with van der Waals surface area (Å²) in [4.78, 5) is 4.34. The third kappa shape index (κ3) is 2.83. The highest BCUT2D eigenvalue weighted by molar-refractivity contribution is 4.99. The van der Waals surface area contributed by atoms with Crippen molar-refractivity contribution in [3.63, 3.8) is 0 Å². The molecule has 2 heterocycles. The van der Waals surface area contributed by atoms with Gasteiger partial charge in [0.15, 0.2) is 0 Å². The van der Waals surface area contributed by atoms with E-state index in [0.29, 0.717) is 31.3 Å². The van der Waals surface area contributed by atoms with E-state index >= 15 is 0 Å². The van der Waals surface area contributed by atoms with Gasteiger partial charge in [0.2, 0.25) is 11.7 Å². The summed E-state index contributed by atoms with van der Waals surface area (Å²) in [5.74, 6) is 1.13. The Balaban J connectivity index is 2.04. The highest BCUT2D eigenvalue weighted by Crippen LogP contribution is 2.24. The van der Waals surface area contributed by atoms with Crippen LogP contribution in [-0.4, -0.2) is 34.5 Å². The molecule has 2 rings (SSSR count). The van der Waals surface area contributed by atoms with Gasteiger partial charge in [0.05, 0.1) is 12.1 Å². The lowest BCUT2D eigenvalue weighted by Gasteiger charge is -2.09. The van der Waals surface area contributed by atoms with Crippen molar-refractivity contribution >= 4 is 0 Å². The third-order valence-electron chi connectivity index (χ3n) is 2.89. The van der Waals surface area contributed by atoms with Gasteiger partial charge in [0, 0.05) is 13.2 Å². The van der Waals surface area contributed by atoms with Crippen molar-refractivity contribution in [1.29, 1.82) is 0 Å². The Bertz CT molecular complexity index is 337. The second-order valence-corrected chi connectivity index (χ2v) is 4.19. The lowest BCUT2D eigenvalue weighted by molar-refractivity contribution is 0.0518. The van der Waals surface area contributed by atoms with Crippen LogP contribution in [0.2, 0.25) is 0 Å². The number of hydrogen-bond acceptors (Lipinski definition) is 6. The molecule has 0 radical (unpaired) electrons. The lowest BCUT2D eigenvalue weighted by Crippen LogP contribution is -2.15. The highest BCUT2D eigenvalue weighted by atomic mass is 16.5. The quantitative estimate of drug-likeness (QED) is 0.799. The zero-order chi connectivity index (χ0) is 12.3. The molecular formula is C11H19N3O3. The first-order valence-electron chi connectivity index (χ1n) is 6.11. The van der Waals surface area contributed by atoms with Crippen LogP contribution in [0.15, 0.2) is 4.52 Å². The van der Waals surface area contributed by atoms with Crippen molar-refractivity contribution in [2.24, 2.45) is 0 Å². The number of nitrogens with one attached hydrogen (secondary N) is 1. The van der Waals surface area contributed by atoms with Crippen molar-refractivity contribution in [1.82, 2.24) is 15.5 Å². The second kappa shape index (κ2) is 5.57. The maximum absolute atomic E-state index is 9.43. The average Bonchev–Trinajstić information content (AvgIpc) is 2.94. The van der Waals surface area contributed by atoms with Gasteiger partial charge in [0.1, 0.15) is 6.10 Å². The average molecular weight is 241 g/mol. The number of aliphatic hydroxyl groups is 1. The fourth-order valence-electron chi connectivity index (χ4n) is 2.00. The molecule has 1 aromatic rings. The van der Waals surface area contributed by atoms with Gasteiger partial charge in [-0.1, -0.05) is 12.1 Å². The minimum atomic E-state index is -0.329. The first-order valence-corrected chi connectivity index (χ1v) is 6.11. The molecule has 2 N–H and O–H groups in total. The molecule has 1 saturated heterocycles. The predicted octanol–water partition coefficient (Wildman–Crippen LogP) is 0.952. The molecule has 6 heteroatoms. The van der Waals surface area contributed by atoms with Gasteiger partial charge in [-0.15, -0.1) is 0 Å². The maximum atomic E-state index is 9.43. The van der Waals surface area contributed by atoms with Gasteiger partial charge in [-0.2, -0.15) is 4.98 Å². The van der Waals surface area contributed by atoms with Crippen LogP contribution in [0, 0.1) is 0 Å². The zero-order valence-corrected chi connectivity index (χ0v) is 10.2. The second-order valence-electron chi connectivity index (χ2n) is 4.19. The van der Waals surface area contributed by atoms with Gasteiger partial charge in [-0.05, 0) is 19.8 Å². The standard InChI is InChI=1S/C11H19N3O3/c1-3-9(16-4-2)10-13-11(17-14-10)8-5-7(15)6-12-8/h7-9,12,15H,3-6H2,1-2H3. The zero-order valence-electron chi connectivity index (χ0n) is 10.2. The van der Waals surface area contributed by atoms with E-state index in [1.807, 2.05) is 13.8 Å². The van der Waals surface area contributed by atoms with E-state index in [1.54, 1.807) is 0 Å². The maximum Gasteiger partial charge on any atom is 0.243 e. The Hall–Kier alpha value is -0.980. The first kappa shape index (κ1) is 12.5. The van der Waals surface area contributed by atoms with Crippen LogP contribution in [-0.2, 0) is 4.74 Å². The monoisotopic (exact) mass is 241 g/mol. The van der Waals surface area contributed by atoms with Crippen molar-refractivity contribution in [3.05, 3.63) is 11.7 Å². The number of nitrogens with zero attached hydrogens (tertiary/aromatic N) is 2. The van der Waals surface area contributed by atoms with Gasteiger partial charge in [-0.25, -0.2) is 0 Å². The highest BCUT2D eigenvalue weighted by Gasteiger charge is 2.29. The topological polar surface area (TPSA) is 80.4 Å². The van der Waals surface area contributed by atoms with Crippen LogP contribution in [0.25, 0.3) is 0 Å². The summed E-state index contributed by atoms with van der Waals surface area (Å²) < 4.78 is 10.7. The molecule has 3 atom stereocenters. The molecule has 1 aliphatic heterocycles. The Morgan fingerprint density at radius 3 is 3.00 bits per heavy atom. The fraction of sp³-hybridized carbons (Fsp3) is 0.818. The van der Waals surface area contributed by atoms with Crippen molar-refractivity contribution < 1.29 is 14.4 Å². The van der Waals surface area contributed by atoms with E-state index in [0.717, 1.165) is 6.42 Å². The molecular weight excluding hydrogens is 222 g/mol. The molecule has 0 bridgehead atoms. The van der Waals surface area contributed by atoms with Crippen molar-refractivity contribution in [3.8, 4) is 0 Å². The molecule has 6 nitrogen and oxygen atoms in total. The van der Waals surface area contributed by atoms with Crippen LogP contribution < -0.4 is 5.32 Å². The van der Waals surface area contributed by atoms with E-state index in [1.165, 1.54) is 0 Å². The minimum Gasteiger partial charge on any atom is -0.392 e. The van der Waals surface area contributed by atoms with Crippen LogP contribution in [0.3, 0.4) is 0 Å². The molecule has 0 spiro atoms. The molecule has 3 unspecified atom stereocenters. The van der Waals surface area contributed by atoms with Crippen molar-refractivity contribution in [2.75, 3.05) is 13.2 Å². The van der Waals surface area contributed by atoms with E-state index in [2.05, 4.69) is 15.5 Å². The molecule has 0 amide bonds. The van der Waals surface area contributed by atoms with Crippen LogP contribution in [0.5, 0.6) is 0 Å². The predicted molar refractivity (Wildman–Crippen MR) is 60.3 cm³/mol. The summed E-state index contributed by atoms with van der Waals surface area (Å²) in [7, 11) is 0. The van der Waals surface area contributed by atoms with Gasteiger partial charge < -0.3 is 19.7 Å².